The Hall–Kier alpha value is -3.54. The van der Waals surface area contributed by atoms with Crippen LogP contribution in [0.25, 0.3) is 11.1 Å². The number of esters is 1. The molecule has 8 nitrogen and oxygen atoms in total. The van der Waals surface area contributed by atoms with E-state index in [4.69, 9.17) is 19.0 Å². The fourth-order valence-electron chi connectivity index (χ4n) is 5.93. The number of ether oxygens (including phenoxy) is 3. The Morgan fingerprint density at radius 3 is 2.28 bits per heavy atom. The molecule has 0 saturated carbocycles. The largest absolute Gasteiger partial charge is 0.493 e. The first kappa shape index (κ1) is 30.9. The van der Waals surface area contributed by atoms with Crippen LogP contribution in [0.2, 0.25) is 0 Å². The summed E-state index contributed by atoms with van der Waals surface area (Å²) in [6.45, 7) is 7.74. The van der Waals surface area contributed by atoms with E-state index in [2.05, 4.69) is 15.0 Å². The van der Waals surface area contributed by atoms with Gasteiger partial charge in [-0.25, -0.2) is 4.39 Å². The number of rotatable bonds is 9. The van der Waals surface area contributed by atoms with Gasteiger partial charge in [0.2, 0.25) is 0 Å². The molecule has 2 saturated heterocycles. The van der Waals surface area contributed by atoms with Crippen molar-refractivity contribution in [3.63, 3.8) is 0 Å². The lowest BCUT2D eigenvalue weighted by Crippen LogP contribution is -2.61. The van der Waals surface area contributed by atoms with Gasteiger partial charge >= 0.3 is 12.1 Å². The molecule has 43 heavy (non-hydrogen) atoms. The number of hydrogen-bond donors (Lipinski definition) is 0. The molecule has 0 aliphatic carbocycles. The molecule has 5 rings (SSSR count). The number of nitrogens with zero attached hydrogens (tertiary/aromatic N) is 3. The SMILES string of the molecule is CCOC(=O)C1(C)CCN(C2=NOC3(C2)CN(Cc2cc(OCC)c(-c4ccc(F)cc4)c(OCC(F)(F)F)c2)C3)CC1. The molecule has 0 aromatic heterocycles. The number of oxime groups is 1. The molecule has 0 N–H and O–H groups in total. The zero-order valence-corrected chi connectivity index (χ0v) is 24.6. The van der Waals surface area contributed by atoms with Crippen molar-refractivity contribution in [3.8, 4) is 22.6 Å². The normalized spacial score (nSPS) is 19.4. The van der Waals surface area contributed by atoms with Crippen LogP contribution in [-0.2, 0) is 20.9 Å². The van der Waals surface area contributed by atoms with Crippen LogP contribution in [0.15, 0.2) is 41.6 Å². The molecule has 0 unspecified atom stereocenters. The molecule has 2 fully saturated rings. The van der Waals surface area contributed by atoms with E-state index >= 15 is 0 Å². The van der Waals surface area contributed by atoms with Crippen molar-refractivity contribution in [1.82, 2.24) is 9.80 Å². The van der Waals surface area contributed by atoms with Gasteiger partial charge in [-0.1, -0.05) is 17.3 Å². The Balaban J connectivity index is 1.25. The maximum absolute atomic E-state index is 13.6. The summed E-state index contributed by atoms with van der Waals surface area (Å²) in [6, 6.07) is 8.84. The Bertz CT molecular complexity index is 1330. The second kappa shape index (κ2) is 12.2. The average Bonchev–Trinajstić information content (AvgIpc) is 3.38. The maximum Gasteiger partial charge on any atom is 0.422 e. The zero-order valence-electron chi connectivity index (χ0n) is 24.6. The predicted molar refractivity (Wildman–Crippen MR) is 151 cm³/mol. The van der Waals surface area contributed by atoms with Gasteiger partial charge in [0.1, 0.15) is 23.2 Å². The molecule has 0 bridgehead atoms. The van der Waals surface area contributed by atoms with E-state index in [0.29, 0.717) is 75.5 Å². The van der Waals surface area contributed by atoms with Crippen LogP contribution < -0.4 is 9.47 Å². The highest BCUT2D eigenvalue weighted by Gasteiger charge is 2.51. The highest BCUT2D eigenvalue weighted by molar-refractivity contribution is 5.85. The van der Waals surface area contributed by atoms with E-state index < -0.39 is 29.6 Å². The van der Waals surface area contributed by atoms with Gasteiger partial charge in [-0.15, -0.1) is 0 Å². The number of hydrogen-bond acceptors (Lipinski definition) is 8. The van der Waals surface area contributed by atoms with Crippen molar-refractivity contribution in [1.29, 1.82) is 0 Å². The minimum absolute atomic E-state index is 0.0165. The Morgan fingerprint density at radius 1 is 1.02 bits per heavy atom. The topological polar surface area (TPSA) is 72.8 Å². The van der Waals surface area contributed by atoms with Crippen LogP contribution in [0, 0.1) is 11.2 Å². The highest BCUT2D eigenvalue weighted by Crippen LogP contribution is 2.43. The standard InChI is InChI=1S/C31H37F4N3O5/c1-4-40-24-14-21(15-25(42-20-31(33,34)35)27(24)22-6-8-23(32)9-7-22)17-37-18-30(19-37)16-26(36-43-30)38-12-10-29(3,11-13-38)28(39)41-5-2/h6-9,14-15H,4-5,10-13,16-20H2,1-3H3. The van der Waals surface area contributed by atoms with Crippen molar-refractivity contribution >= 4 is 11.8 Å². The molecule has 12 heteroatoms. The molecule has 2 aromatic carbocycles. The lowest BCUT2D eigenvalue weighted by atomic mass is 9.80. The minimum Gasteiger partial charge on any atom is -0.493 e. The third kappa shape index (κ3) is 7.00. The molecule has 3 heterocycles. The third-order valence-corrected chi connectivity index (χ3v) is 8.20. The summed E-state index contributed by atoms with van der Waals surface area (Å²) in [5, 5.41) is 4.38. The number of carbonyl (C=O) groups excluding carboxylic acids is 1. The van der Waals surface area contributed by atoms with E-state index in [0.717, 1.165) is 11.4 Å². The van der Waals surface area contributed by atoms with Gasteiger partial charge in [0.25, 0.3) is 0 Å². The summed E-state index contributed by atoms with van der Waals surface area (Å²) in [6.07, 6.45) is -2.53. The van der Waals surface area contributed by atoms with E-state index in [9.17, 15) is 22.4 Å². The fraction of sp³-hybridized carbons (Fsp3) is 0.548. The number of amidine groups is 1. The average molecular weight is 608 g/mol. The first-order chi connectivity index (χ1) is 20.4. The number of benzene rings is 2. The van der Waals surface area contributed by atoms with Crippen molar-refractivity contribution in [2.45, 2.75) is 58.4 Å². The second-order valence-electron chi connectivity index (χ2n) is 11.7. The van der Waals surface area contributed by atoms with Crippen LogP contribution in [0.1, 0.15) is 45.6 Å². The van der Waals surface area contributed by atoms with Crippen molar-refractivity contribution in [2.24, 2.45) is 10.6 Å². The fourth-order valence-corrected chi connectivity index (χ4v) is 5.93. The van der Waals surface area contributed by atoms with Crippen molar-refractivity contribution in [2.75, 3.05) is 46.0 Å². The Kier molecular flexibility index (Phi) is 8.78. The summed E-state index contributed by atoms with van der Waals surface area (Å²) in [4.78, 5) is 22.6. The molecular weight excluding hydrogens is 570 g/mol. The van der Waals surface area contributed by atoms with Gasteiger partial charge in [0.05, 0.1) is 30.6 Å². The molecular formula is C31H37F4N3O5. The van der Waals surface area contributed by atoms with Crippen LogP contribution in [0.5, 0.6) is 11.5 Å². The first-order valence-electron chi connectivity index (χ1n) is 14.6. The molecule has 234 valence electrons. The highest BCUT2D eigenvalue weighted by atomic mass is 19.4. The maximum atomic E-state index is 13.6. The number of halogens is 4. The quantitative estimate of drug-likeness (QED) is 0.264. The lowest BCUT2D eigenvalue weighted by molar-refractivity contribution is -0.156. The second-order valence-corrected chi connectivity index (χ2v) is 11.7. The van der Waals surface area contributed by atoms with Gasteiger partial charge in [-0.2, -0.15) is 13.2 Å². The van der Waals surface area contributed by atoms with Gasteiger partial charge < -0.3 is 23.9 Å². The number of alkyl halides is 3. The van der Waals surface area contributed by atoms with Crippen LogP contribution in [0.3, 0.4) is 0 Å². The molecule has 0 atom stereocenters. The van der Waals surface area contributed by atoms with E-state index in [1.54, 1.807) is 19.1 Å². The molecule has 0 radical (unpaired) electrons. The van der Waals surface area contributed by atoms with Gasteiger partial charge in [0.15, 0.2) is 12.2 Å². The molecule has 2 aromatic rings. The van der Waals surface area contributed by atoms with E-state index in [-0.39, 0.29) is 18.3 Å². The van der Waals surface area contributed by atoms with Crippen molar-refractivity contribution in [3.05, 3.63) is 47.8 Å². The number of likely N-dealkylation sites (tertiary alicyclic amines) is 2. The Labute approximate surface area is 248 Å². The van der Waals surface area contributed by atoms with E-state index in [1.807, 2.05) is 13.8 Å². The summed E-state index contributed by atoms with van der Waals surface area (Å²) < 4.78 is 69.3. The Morgan fingerprint density at radius 2 is 1.67 bits per heavy atom. The van der Waals surface area contributed by atoms with Crippen molar-refractivity contribution < 1.29 is 41.4 Å². The summed E-state index contributed by atoms with van der Waals surface area (Å²) in [5.41, 5.74) is 0.597. The molecule has 3 aliphatic heterocycles. The summed E-state index contributed by atoms with van der Waals surface area (Å²) in [7, 11) is 0. The van der Waals surface area contributed by atoms with Crippen LogP contribution in [-0.4, -0.2) is 79.4 Å². The number of carbonyl (C=O) groups is 1. The third-order valence-electron chi connectivity index (χ3n) is 8.20. The van der Waals surface area contributed by atoms with Gasteiger partial charge in [-0.3, -0.25) is 9.69 Å². The summed E-state index contributed by atoms with van der Waals surface area (Å²) >= 11 is 0. The molecule has 1 spiro atoms. The molecule has 3 aliphatic rings. The monoisotopic (exact) mass is 607 g/mol. The zero-order chi connectivity index (χ0) is 30.8. The first-order valence-corrected chi connectivity index (χ1v) is 14.6. The van der Waals surface area contributed by atoms with E-state index in [1.165, 1.54) is 24.3 Å². The lowest BCUT2D eigenvalue weighted by Gasteiger charge is -2.46. The van der Waals surface area contributed by atoms with Crippen LogP contribution in [0.4, 0.5) is 17.6 Å². The van der Waals surface area contributed by atoms with Crippen LogP contribution >= 0.6 is 0 Å². The van der Waals surface area contributed by atoms with Gasteiger partial charge in [0, 0.05) is 32.7 Å². The predicted octanol–water partition coefficient (Wildman–Crippen LogP) is 5.79. The number of piperidine rings is 1. The summed E-state index contributed by atoms with van der Waals surface area (Å²) in [5.74, 6) is 0.634. The smallest absolute Gasteiger partial charge is 0.422 e. The van der Waals surface area contributed by atoms with Gasteiger partial charge in [-0.05, 0) is 69.0 Å². The minimum atomic E-state index is -4.53. The molecule has 0 amide bonds.